The summed E-state index contributed by atoms with van der Waals surface area (Å²) in [5.41, 5.74) is 0.770. The lowest BCUT2D eigenvalue weighted by atomic mass is 10.1. The smallest absolute Gasteiger partial charge is 0.124 e. The van der Waals surface area contributed by atoms with E-state index < -0.39 is 6.10 Å². The maximum absolute atomic E-state index is 13.0. The van der Waals surface area contributed by atoms with Gasteiger partial charge >= 0.3 is 0 Å². The molecule has 0 bridgehead atoms. The van der Waals surface area contributed by atoms with E-state index in [0.29, 0.717) is 10.8 Å². The SMILES string of the molecule is OC(CSc1cccc(F)c1)c1cccc(Cl)c1. The van der Waals surface area contributed by atoms with E-state index in [-0.39, 0.29) is 5.82 Å². The summed E-state index contributed by atoms with van der Waals surface area (Å²) in [6.45, 7) is 0. The number of halogens is 2. The Morgan fingerprint density at radius 1 is 1.17 bits per heavy atom. The van der Waals surface area contributed by atoms with Crippen LogP contribution in [0.3, 0.4) is 0 Å². The minimum absolute atomic E-state index is 0.266. The van der Waals surface area contributed by atoms with Gasteiger partial charge in [-0.1, -0.05) is 29.8 Å². The van der Waals surface area contributed by atoms with Crippen molar-refractivity contribution in [2.75, 3.05) is 5.75 Å². The Morgan fingerprint density at radius 3 is 2.67 bits per heavy atom. The van der Waals surface area contributed by atoms with Crippen molar-refractivity contribution in [1.29, 1.82) is 0 Å². The minimum atomic E-state index is -0.614. The zero-order valence-corrected chi connectivity index (χ0v) is 11.1. The number of hydrogen-bond donors (Lipinski definition) is 1. The monoisotopic (exact) mass is 282 g/mol. The Bertz CT molecular complexity index is 533. The molecule has 0 saturated carbocycles. The molecule has 2 rings (SSSR count). The van der Waals surface area contributed by atoms with Gasteiger partial charge in [-0.05, 0) is 35.9 Å². The lowest BCUT2D eigenvalue weighted by molar-refractivity contribution is 0.204. The Morgan fingerprint density at radius 2 is 1.94 bits per heavy atom. The molecule has 0 fully saturated rings. The van der Waals surface area contributed by atoms with Gasteiger partial charge < -0.3 is 5.11 Å². The fourth-order valence-electron chi connectivity index (χ4n) is 1.54. The van der Waals surface area contributed by atoms with Gasteiger partial charge in [-0.15, -0.1) is 11.8 Å². The van der Waals surface area contributed by atoms with E-state index in [4.69, 9.17) is 11.6 Å². The molecular formula is C14H12ClFOS. The second-order valence-corrected chi connectivity index (χ2v) is 5.37. The molecule has 0 saturated heterocycles. The van der Waals surface area contributed by atoms with E-state index in [1.54, 1.807) is 24.3 Å². The topological polar surface area (TPSA) is 20.2 Å². The number of aliphatic hydroxyl groups is 1. The Kier molecular flexibility index (Phi) is 4.64. The molecule has 1 nitrogen and oxygen atoms in total. The van der Waals surface area contributed by atoms with Crippen molar-refractivity contribution in [2.45, 2.75) is 11.0 Å². The summed E-state index contributed by atoms with van der Waals surface area (Å²) >= 11 is 7.27. The van der Waals surface area contributed by atoms with Crippen molar-refractivity contribution in [3.05, 3.63) is 64.9 Å². The fourth-order valence-corrected chi connectivity index (χ4v) is 2.65. The van der Waals surface area contributed by atoms with Crippen LogP contribution in [0.15, 0.2) is 53.4 Å². The first kappa shape index (κ1) is 13.4. The molecule has 0 heterocycles. The molecule has 0 amide bonds. The van der Waals surface area contributed by atoms with Crippen LogP contribution in [0, 0.1) is 5.82 Å². The molecular weight excluding hydrogens is 271 g/mol. The molecule has 2 aromatic rings. The summed E-state index contributed by atoms with van der Waals surface area (Å²) < 4.78 is 13.0. The molecule has 1 atom stereocenters. The lowest BCUT2D eigenvalue weighted by Gasteiger charge is -2.11. The summed E-state index contributed by atoms with van der Waals surface area (Å²) in [5.74, 6) is 0.196. The normalized spacial score (nSPS) is 12.4. The van der Waals surface area contributed by atoms with Crippen LogP contribution in [0.25, 0.3) is 0 Å². The second kappa shape index (κ2) is 6.23. The van der Waals surface area contributed by atoms with E-state index in [1.807, 2.05) is 12.1 Å². The van der Waals surface area contributed by atoms with Gasteiger partial charge in [0, 0.05) is 15.7 Å². The number of thioether (sulfide) groups is 1. The van der Waals surface area contributed by atoms with E-state index >= 15 is 0 Å². The Balaban J connectivity index is 1.98. The quantitative estimate of drug-likeness (QED) is 0.844. The van der Waals surface area contributed by atoms with Crippen LogP contribution in [-0.2, 0) is 0 Å². The van der Waals surface area contributed by atoms with E-state index in [2.05, 4.69) is 0 Å². The summed E-state index contributed by atoms with van der Waals surface area (Å²) in [5, 5.41) is 10.6. The standard InChI is InChI=1S/C14H12ClFOS/c15-11-4-1-3-10(7-11)14(17)9-18-13-6-2-5-12(16)8-13/h1-8,14,17H,9H2. The molecule has 4 heteroatoms. The zero-order chi connectivity index (χ0) is 13.0. The summed E-state index contributed by atoms with van der Waals surface area (Å²) in [6.07, 6.45) is -0.614. The Labute approximate surface area is 115 Å². The van der Waals surface area contributed by atoms with Crippen LogP contribution in [-0.4, -0.2) is 10.9 Å². The molecule has 0 aliphatic rings. The van der Waals surface area contributed by atoms with Crippen molar-refractivity contribution in [3.63, 3.8) is 0 Å². The van der Waals surface area contributed by atoms with Crippen LogP contribution >= 0.6 is 23.4 Å². The van der Waals surface area contributed by atoms with Crippen molar-refractivity contribution in [1.82, 2.24) is 0 Å². The first-order valence-corrected chi connectivity index (χ1v) is 6.83. The first-order chi connectivity index (χ1) is 8.65. The van der Waals surface area contributed by atoms with E-state index in [9.17, 15) is 9.50 Å². The molecule has 2 aromatic carbocycles. The van der Waals surface area contributed by atoms with E-state index in [1.165, 1.54) is 23.9 Å². The molecule has 1 N–H and O–H groups in total. The van der Waals surface area contributed by atoms with Crippen molar-refractivity contribution >= 4 is 23.4 Å². The lowest BCUT2D eigenvalue weighted by Crippen LogP contribution is -2.00. The number of aliphatic hydroxyl groups excluding tert-OH is 1. The Hall–Kier alpha value is -1.03. The van der Waals surface area contributed by atoms with Gasteiger partial charge in [-0.2, -0.15) is 0 Å². The molecule has 0 spiro atoms. The third kappa shape index (κ3) is 3.73. The highest BCUT2D eigenvalue weighted by Crippen LogP contribution is 2.26. The molecule has 0 aliphatic carbocycles. The van der Waals surface area contributed by atoms with Crippen molar-refractivity contribution in [2.24, 2.45) is 0 Å². The highest BCUT2D eigenvalue weighted by atomic mass is 35.5. The van der Waals surface area contributed by atoms with Crippen LogP contribution in [0.5, 0.6) is 0 Å². The number of hydrogen-bond acceptors (Lipinski definition) is 2. The van der Waals surface area contributed by atoms with Gasteiger partial charge in [-0.25, -0.2) is 4.39 Å². The van der Waals surface area contributed by atoms with Gasteiger partial charge in [0.15, 0.2) is 0 Å². The molecule has 0 aromatic heterocycles. The second-order valence-electron chi connectivity index (χ2n) is 3.84. The fraction of sp³-hybridized carbons (Fsp3) is 0.143. The summed E-state index contributed by atoms with van der Waals surface area (Å²) in [6, 6.07) is 13.4. The number of rotatable bonds is 4. The van der Waals surface area contributed by atoms with Gasteiger partial charge in [-0.3, -0.25) is 0 Å². The maximum atomic E-state index is 13.0. The maximum Gasteiger partial charge on any atom is 0.124 e. The van der Waals surface area contributed by atoms with Gasteiger partial charge in [0.05, 0.1) is 6.10 Å². The van der Waals surface area contributed by atoms with Crippen LogP contribution in [0.1, 0.15) is 11.7 Å². The van der Waals surface area contributed by atoms with Crippen LogP contribution in [0.4, 0.5) is 4.39 Å². The highest BCUT2D eigenvalue weighted by Gasteiger charge is 2.08. The molecule has 0 radical (unpaired) electrons. The molecule has 0 aliphatic heterocycles. The van der Waals surface area contributed by atoms with Crippen molar-refractivity contribution < 1.29 is 9.50 Å². The molecule has 94 valence electrons. The van der Waals surface area contributed by atoms with Gasteiger partial charge in [0.25, 0.3) is 0 Å². The predicted octanol–water partition coefficient (Wildman–Crippen LogP) is 4.30. The number of benzene rings is 2. The third-order valence-electron chi connectivity index (χ3n) is 2.44. The largest absolute Gasteiger partial charge is 0.388 e. The van der Waals surface area contributed by atoms with Crippen LogP contribution < -0.4 is 0 Å². The predicted molar refractivity (Wildman–Crippen MR) is 73.5 cm³/mol. The third-order valence-corrected chi connectivity index (χ3v) is 3.74. The van der Waals surface area contributed by atoms with E-state index in [0.717, 1.165) is 10.5 Å². The molecule has 1 unspecified atom stereocenters. The molecule has 18 heavy (non-hydrogen) atoms. The highest BCUT2D eigenvalue weighted by molar-refractivity contribution is 7.99. The van der Waals surface area contributed by atoms with Crippen LogP contribution in [0.2, 0.25) is 5.02 Å². The average molecular weight is 283 g/mol. The minimum Gasteiger partial charge on any atom is -0.388 e. The summed E-state index contributed by atoms with van der Waals surface area (Å²) in [7, 11) is 0. The van der Waals surface area contributed by atoms with Crippen molar-refractivity contribution in [3.8, 4) is 0 Å². The summed E-state index contributed by atoms with van der Waals surface area (Å²) in [4.78, 5) is 0.802. The average Bonchev–Trinajstić information content (AvgIpc) is 2.36. The first-order valence-electron chi connectivity index (χ1n) is 5.47. The zero-order valence-electron chi connectivity index (χ0n) is 9.51. The van der Waals surface area contributed by atoms with Gasteiger partial charge in [0.1, 0.15) is 5.82 Å². The van der Waals surface area contributed by atoms with Gasteiger partial charge in [0.2, 0.25) is 0 Å².